The zero-order chi connectivity index (χ0) is 14.5. The van der Waals surface area contributed by atoms with Gasteiger partial charge in [-0.1, -0.05) is 6.92 Å². The Bertz CT molecular complexity index is 588. The number of hydrogen-bond donors (Lipinski definition) is 2. The summed E-state index contributed by atoms with van der Waals surface area (Å²) < 4.78 is 26.0. The van der Waals surface area contributed by atoms with E-state index < -0.39 is 15.3 Å². The molecule has 0 saturated carbocycles. The molecule has 0 fully saturated rings. The first-order valence-corrected chi connectivity index (χ1v) is 7.22. The van der Waals surface area contributed by atoms with Gasteiger partial charge < -0.3 is 5.32 Å². The van der Waals surface area contributed by atoms with Gasteiger partial charge in [-0.3, -0.25) is 9.52 Å². The molecule has 0 aliphatic carbocycles. The van der Waals surface area contributed by atoms with Crippen molar-refractivity contribution in [3.05, 3.63) is 24.3 Å². The molecule has 0 radical (unpaired) electrons. The molecule has 6 nitrogen and oxygen atoms in total. The summed E-state index contributed by atoms with van der Waals surface area (Å²) in [5, 5.41) is 10.3. The van der Waals surface area contributed by atoms with E-state index in [2.05, 4.69) is 10.0 Å². The number of hydrogen-bond acceptors (Lipinski definition) is 4. The van der Waals surface area contributed by atoms with E-state index in [0.29, 0.717) is 11.4 Å². The number of nitrogens with one attached hydrogen (secondary N) is 2. The number of carbonyl (C=O) groups excluding carboxylic acids is 1. The summed E-state index contributed by atoms with van der Waals surface area (Å²) in [6, 6.07) is 7.94. The van der Waals surface area contributed by atoms with Gasteiger partial charge in [-0.15, -0.1) is 0 Å². The molecule has 1 aromatic rings. The minimum atomic E-state index is -3.71. The molecule has 0 aliphatic rings. The van der Waals surface area contributed by atoms with Crippen LogP contribution >= 0.6 is 0 Å². The first-order valence-electron chi connectivity index (χ1n) is 5.68. The maximum Gasteiger partial charge on any atom is 0.249 e. The summed E-state index contributed by atoms with van der Waals surface area (Å²) in [6.07, 6.45) is 0.218. The minimum absolute atomic E-state index is 0.205. The minimum Gasteiger partial charge on any atom is -0.326 e. The van der Waals surface area contributed by atoms with Crippen LogP contribution < -0.4 is 10.0 Å². The van der Waals surface area contributed by atoms with Gasteiger partial charge >= 0.3 is 0 Å². The Labute approximate surface area is 112 Å². The van der Waals surface area contributed by atoms with Crippen molar-refractivity contribution in [3.63, 3.8) is 0 Å². The van der Waals surface area contributed by atoms with Crippen LogP contribution in [-0.2, 0) is 14.8 Å². The standard InChI is InChI=1S/C12H15N3O3S/c1-3-12(8-13)19(17,18)15-11-6-4-10(5-7-11)14-9(2)16/h4-7,12,15H,3H2,1-2H3,(H,14,16). The number of amides is 1. The van der Waals surface area contributed by atoms with Gasteiger partial charge in [0.05, 0.1) is 6.07 Å². The Morgan fingerprint density at radius 2 is 1.84 bits per heavy atom. The monoisotopic (exact) mass is 281 g/mol. The maximum absolute atomic E-state index is 11.8. The molecule has 0 heterocycles. The van der Waals surface area contributed by atoms with Crippen molar-refractivity contribution in [2.45, 2.75) is 25.5 Å². The van der Waals surface area contributed by atoms with Gasteiger partial charge in [-0.2, -0.15) is 5.26 Å². The molecule has 0 aliphatic heterocycles. The van der Waals surface area contributed by atoms with Crippen LogP contribution in [0.2, 0.25) is 0 Å². The molecule has 0 bridgehead atoms. The zero-order valence-electron chi connectivity index (χ0n) is 10.7. The molecule has 1 amide bonds. The SMILES string of the molecule is CCC(C#N)S(=O)(=O)Nc1ccc(NC(C)=O)cc1. The smallest absolute Gasteiger partial charge is 0.249 e. The van der Waals surface area contributed by atoms with Crippen molar-refractivity contribution in [1.82, 2.24) is 0 Å². The number of sulfonamides is 1. The highest BCUT2D eigenvalue weighted by molar-refractivity contribution is 7.93. The third kappa shape index (κ3) is 4.26. The summed E-state index contributed by atoms with van der Waals surface area (Å²) >= 11 is 0. The van der Waals surface area contributed by atoms with Crippen molar-refractivity contribution >= 4 is 27.3 Å². The third-order valence-corrected chi connectivity index (χ3v) is 4.06. The lowest BCUT2D eigenvalue weighted by Gasteiger charge is -2.11. The molecular formula is C12H15N3O3S. The van der Waals surface area contributed by atoms with E-state index >= 15 is 0 Å². The van der Waals surface area contributed by atoms with Gasteiger partial charge in [-0.25, -0.2) is 8.42 Å². The first-order chi connectivity index (χ1) is 8.89. The van der Waals surface area contributed by atoms with E-state index in [4.69, 9.17) is 5.26 Å². The van der Waals surface area contributed by atoms with E-state index in [1.807, 2.05) is 0 Å². The van der Waals surface area contributed by atoms with Crippen LogP contribution in [0.25, 0.3) is 0 Å². The fraction of sp³-hybridized carbons (Fsp3) is 0.333. The van der Waals surface area contributed by atoms with Crippen LogP contribution in [-0.4, -0.2) is 19.6 Å². The first kappa shape index (κ1) is 15.0. The van der Waals surface area contributed by atoms with Crippen molar-refractivity contribution in [2.75, 3.05) is 10.0 Å². The van der Waals surface area contributed by atoms with Crippen molar-refractivity contribution in [3.8, 4) is 6.07 Å². The molecule has 1 rings (SSSR count). The van der Waals surface area contributed by atoms with Crippen LogP contribution in [0, 0.1) is 11.3 Å². The lowest BCUT2D eigenvalue weighted by Crippen LogP contribution is -2.25. The Morgan fingerprint density at radius 1 is 1.32 bits per heavy atom. The van der Waals surface area contributed by atoms with Crippen molar-refractivity contribution < 1.29 is 13.2 Å². The zero-order valence-corrected chi connectivity index (χ0v) is 11.5. The second-order valence-electron chi connectivity index (χ2n) is 3.93. The van der Waals surface area contributed by atoms with E-state index in [9.17, 15) is 13.2 Å². The fourth-order valence-corrected chi connectivity index (χ4v) is 2.62. The predicted molar refractivity (Wildman–Crippen MR) is 73.0 cm³/mol. The lowest BCUT2D eigenvalue weighted by atomic mass is 10.3. The van der Waals surface area contributed by atoms with Crippen LogP contribution in [0.5, 0.6) is 0 Å². The maximum atomic E-state index is 11.8. The summed E-state index contributed by atoms with van der Waals surface area (Å²) in [7, 11) is -3.71. The van der Waals surface area contributed by atoms with Gasteiger partial charge in [0, 0.05) is 18.3 Å². The molecule has 102 valence electrons. The fourth-order valence-electron chi connectivity index (χ4n) is 1.44. The van der Waals surface area contributed by atoms with E-state index in [1.54, 1.807) is 25.1 Å². The summed E-state index contributed by atoms with van der Waals surface area (Å²) in [4.78, 5) is 10.8. The average Bonchev–Trinajstić information content (AvgIpc) is 2.31. The molecule has 0 saturated heterocycles. The summed E-state index contributed by atoms with van der Waals surface area (Å²) in [6.45, 7) is 3.02. The normalized spacial score (nSPS) is 12.3. The van der Waals surface area contributed by atoms with E-state index in [-0.39, 0.29) is 12.3 Å². The topological polar surface area (TPSA) is 99.1 Å². The second kappa shape index (κ2) is 6.20. The molecular weight excluding hydrogens is 266 g/mol. The van der Waals surface area contributed by atoms with Crippen molar-refractivity contribution in [1.29, 1.82) is 5.26 Å². The summed E-state index contributed by atoms with van der Waals surface area (Å²) in [5.41, 5.74) is 0.922. The van der Waals surface area contributed by atoms with Crippen molar-refractivity contribution in [2.24, 2.45) is 0 Å². The number of rotatable bonds is 5. The third-order valence-electron chi connectivity index (χ3n) is 2.35. The molecule has 7 heteroatoms. The van der Waals surface area contributed by atoms with E-state index in [1.165, 1.54) is 19.1 Å². The molecule has 1 atom stereocenters. The van der Waals surface area contributed by atoms with Crippen LogP contribution in [0.1, 0.15) is 20.3 Å². The Morgan fingerprint density at radius 3 is 2.26 bits per heavy atom. The Kier molecular flexibility index (Phi) is 4.89. The largest absolute Gasteiger partial charge is 0.326 e. The average molecular weight is 281 g/mol. The van der Waals surface area contributed by atoms with Gasteiger partial charge in [0.2, 0.25) is 15.9 Å². The number of nitrogens with zero attached hydrogens (tertiary/aromatic N) is 1. The molecule has 1 unspecified atom stereocenters. The molecule has 1 aromatic carbocycles. The summed E-state index contributed by atoms with van der Waals surface area (Å²) in [5.74, 6) is -0.205. The number of carbonyl (C=O) groups is 1. The highest BCUT2D eigenvalue weighted by Gasteiger charge is 2.23. The van der Waals surface area contributed by atoms with E-state index in [0.717, 1.165) is 0 Å². The lowest BCUT2D eigenvalue weighted by molar-refractivity contribution is -0.114. The predicted octanol–water partition coefficient (Wildman–Crippen LogP) is 1.69. The molecule has 0 aromatic heterocycles. The van der Waals surface area contributed by atoms with Crippen LogP contribution in [0.3, 0.4) is 0 Å². The van der Waals surface area contributed by atoms with Crippen LogP contribution in [0.15, 0.2) is 24.3 Å². The number of benzene rings is 1. The van der Waals surface area contributed by atoms with Gasteiger partial charge in [0.1, 0.15) is 0 Å². The van der Waals surface area contributed by atoms with Gasteiger partial charge in [0.15, 0.2) is 5.25 Å². The highest BCUT2D eigenvalue weighted by Crippen LogP contribution is 2.17. The molecule has 0 spiro atoms. The molecule has 19 heavy (non-hydrogen) atoms. The Balaban J connectivity index is 2.84. The number of nitriles is 1. The number of anilines is 2. The molecule has 2 N–H and O–H groups in total. The Hall–Kier alpha value is -2.07. The van der Waals surface area contributed by atoms with Gasteiger partial charge in [0.25, 0.3) is 0 Å². The van der Waals surface area contributed by atoms with Gasteiger partial charge in [-0.05, 0) is 30.7 Å². The van der Waals surface area contributed by atoms with Crippen LogP contribution in [0.4, 0.5) is 11.4 Å². The highest BCUT2D eigenvalue weighted by atomic mass is 32.2. The quantitative estimate of drug-likeness (QED) is 0.857. The second-order valence-corrected chi connectivity index (χ2v) is 5.79.